The molecule has 2 N–H and O–H groups in total. The molecule has 33 heavy (non-hydrogen) atoms. The molecular weight excluding hydrogens is 459 g/mol. The molecule has 0 amide bonds. The highest BCUT2D eigenvalue weighted by Gasteiger charge is 2.33. The van der Waals surface area contributed by atoms with Crippen molar-refractivity contribution in [3.05, 3.63) is 87.7 Å². The van der Waals surface area contributed by atoms with Crippen LogP contribution in [0.15, 0.2) is 54.7 Å². The minimum atomic E-state index is -4.69. The summed E-state index contributed by atoms with van der Waals surface area (Å²) < 4.78 is 45.4. The van der Waals surface area contributed by atoms with Gasteiger partial charge in [-0.3, -0.25) is 0 Å². The summed E-state index contributed by atoms with van der Waals surface area (Å²) in [6.07, 6.45) is -2.34. The molecule has 3 rings (SSSR count). The van der Waals surface area contributed by atoms with Crippen molar-refractivity contribution in [1.29, 1.82) is 0 Å². The highest BCUT2D eigenvalue weighted by Crippen LogP contribution is 2.33. The van der Waals surface area contributed by atoms with E-state index in [4.69, 9.17) is 16.3 Å². The van der Waals surface area contributed by atoms with Crippen molar-refractivity contribution < 1.29 is 32.9 Å². The van der Waals surface area contributed by atoms with Gasteiger partial charge in [0.15, 0.2) is 0 Å². The molecule has 0 unspecified atom stereocenters. The average molecular weight is 476 g/mol. The van der Waals surface area contributed by atoms with E-state index in [1.165, 1.54) is 24.4 Å². The summed E-state index contributed by atoms with van der Waals surface area (Å²) in [7, 11) is 0. The molecule has 0 aliphatic rings. The standard InChI is InChI=1S/C24H17ClF3NO4/c25-22-10-9-20(14-29-22)33-11-1-2-17-12-18(23(31)32)6-4-15(17)3-5-16-7-8-19(30)13-21(16)24(26,27)28/h4,6-10,12-14,30H,1-2,11H2,(H,31,32). The molecule has 0 radical (unpaired) electrons. The monoisotopic (exact) mass is 475 g/mol. The Balaban J connectivity index is 1.82. The van der Waals surface area contributed by atoms with Crippen LogP contribution < -0.4 is 4.74 Å². The smallest absolute Gasteiger partial charge is 0.417 e. The number of phenols is 1. The van der Waals surface area contributed by atoms with Crippen molar-refractivity contribution >= 4 is 17.6 Å². The van der Waals surface area contributed by atoms with Crippen LogP contribution in [0.5, 0.6) is 11.5 Å². The van der Waals surface area contributed by atoms with Gasteiger partial charge in [-0.15, -0.1) is 0 Å². The zero-order valence-electron chi connectivity index (χ0n) is 17.0. The Morgan fingerprint density at radius 1 is 1.06 bits per heavy atom. The van der Waals surface area contributed by atoms with Gasteiger partial charge in [-0.05, 0) is 66.9 Å². The fourth-order valence-corrected chi connectivity index (χ4v) is 3.08. The van der Waals surface area contributed by atoms with Crippen molar-refractivity contribution in [2.24, 2.45) is 0 Å². The second kappa shape index (κ2) is 10.3. The molecule has 0 fully saturated rings. The minimum absolute atomic E-state index is 0.0407. The molecule has 0 atom stereocenters. The highest BCUT2D eigenvalue weighted by atomic mass is 35.5. The van der Waals surface area contributed by atoms with E-state index in [0.717, 1.165) is 12.1 Å². The van der Waals surface area contributed by atoms with Crippen LogP contribution in [-0.4, -0.2) is 27.8 Å². The first-order chi connectivity index (χ1) is 15.6. The maximum absolute atomic E-state index is 13.3. The number of benzene rings is 2. The van der Waals surface area contributed by atoms with E-state index in [2.05, 4.69) is 16.8 Å². The van der Waals surface area contributed by atoms with Crippen molar-refractivity contribution in [3.8, 4) is 23.3 Å². The summed E-state index contributed by atoms with van der Waals surface area (Å²) in [4.78, 5) is 15.3. The zero-order valence-corrected chi connectivity index (χ0v) is 17.7. The van der Waals surface area contributed by atoms with Gasteiger partial charge in [0.1, 0.15) is 16.7 Å². The minimum Gasteiger partial charge on any atom is -0.508 e. The van der Waals surface area contributed by atoms with Crippen LogP contribution in [0.1, 0.15) is 39.0 Å². The summed E-state index contributed by atoms with van der Waals surface area (Å²) in [5.74, 6) is 4.07. The number of aromatic nitrogens is 1. The van der Waals surface area contributed by atoms with Crippen LogP contribution in [0.4, 0.5) is 13.2 Å². The number of aromatic hydroxyl groups is 1. The Hall–Kier alpha value is -3.70. The lowest BCUT2D eigenvalue weighted by molar-refractivity contribution is -0.137. The second-order valence-corrected chi connectivity index (χ2v) is 7.31. The summed E-state index contributed by atoms with van der Waals surface area (Å²) in [6, 6.07) is 10.3. The van der Waals surface area contributed by atoms with Gasteiger partial charge in [0.25, 0.3) is 0 Å². The van der Waals surface area contributed by atoms with E-state index >= 15 is 0 Å². The van der Waals surface area contributed by atoms with Gasteiger partial charge in [-0.1, -0.05) is 23.4 Å². The molecule has 1 heterocycles. The van der Waals surface area contributed by atoms with E-state index in [9.17, 15) is 28.2 Å². The molecule has 2 aromatic carbocycles. The maximum Gasteiger partial charge on any atom is 0.417 e. The predicted molar refractivity (Wildman–Crippen MR) is 116 cm³/mol. The molecule has 5 nitrogen and oxygen atoms in total. The van der Waals surface area contributed by atoms with E-state index in [-0.39, 0.29) is 11.1 Å². The van der Waals surface area contributed by atoms with Crippen LogP contribution in [-0.2, 0) is 12.6 Å². The molecule has 9 heteroatoms. The van der Waals surface area contributed by atoms with Gasteiger partial charge < -0.3 is 14.9 Å². The van der Waals surface area contributed by atoms with Crippen LogP contribution in [0.25, 0.3) is 0 Å². The molecule has 1 aromatic heterocycles. The van der Waals surface area contributed by atoms with E-state index in [0.29, 0.717) is 47.5 Å². The number of hydrogen-bond donors (Lipinski definition) is 2. The van der Waals surface area contributed by atoms with E-state index in [1.807, 2.05) is 0 Å². The number of carboxylic acids is 1. The highest BCUT2D eigenvalue weighted by molar-refractivity contribution is 6.29. The molecule has 0 saturated carbocycles. The number of carboxylic acid groups (broad SMARTS) is 1. The maximum atomic E-state index is 13.3. The van der Waals surface area contributed by atoms with Crippen molar-refractivity contribution in [2.75, 3.05) is 6.61 Å². The van der Waals surface area contributed by atoms with Gasteiger partial charge in [0.05, 0.1) is 23.9 Å². The molecular formula is C24H17ClF3NO4. The first kappa shape index (κ1) is 24.0. The third-order valence-corrected chi connectivity index (χ3v) is 4.78. The third kappa shape index (κ3) is 6.64. The number of halogens is 4. The number of alkyl halides is 3. The summed E-state index contributed by atoms with van der Waals surface area (Å²) in [5, 5.41) is 19.0. The molecule has 0 aliphatic heterocycles. The zero-order chi connectivity index (χ0) is 24.0. The quantitative estimate of drug-likeness (QED) is 0.277. The number of aryl methyl sites for hydroxylation is 1. The van der Waals surface area contributed by atoms with Crippen molar-refractivity contribution in [2.45, 2.75) is 19.0 Å². The molecule has 170 valence electrons. The molecule has 3 aromatic rings. The van der Waals surface area contributed by atoms with Crippen LogP contribution >= 0.6 is 11.6 Å². The fourth-order valence-electron chi connectivity index (χ4n) is 2.97. The summed E-state index contributed by atoms with van der Waals surface area (Å²) >= 11 is 5.72. The van der Waals surface area contributed by atoms with Gasteiger partial charge in [0, 0.05) is 11.1 Å². The average Bonchev–Trinajstić information content (AvgIpc) is 2.76. The van der Waals surface area contributed by atoms with E-state index in [1.54, 1.807) is 12.1 Å². The Kier molecular flexibility index (Phi) is 7.46. The Bertz CT molecular complexity index is 1220. The lowest BCUT2D eigenvalue weighted by Gasteiger charge is -2.10. The van der Waals surface area contributed by atoms with Gasteiger partial charge in [-0.25, -0.2) is 9.78 Å². The summed E-state index contributed by atoms with van der Waals surface area (Å²) in [6.45, 7) is 0.295. The molecule has 0 spiro atoms. The lowest BCUT2D eigenvalue weighted by atomic mass is 9.99. The number of phenolic OH excluding ortho intramolecular Hbond substituents is 1. The third-order valence-electron chi connectivity index (χ3n) is 4.55. The number of pyridine rings is 1. The number of rotatable bonds is 6. The normalized spacial score (nSPS) is 10.9. The van der Waals surface area contributed by atoms with Gasteiger partial charge in [0.2, 0.25) is 0 Å². The van der Waals surface area contributed by atoms with Gasteiger partial charge in [-0.2, -0.15) is 13.2 Å². The number of carbonyl (C=O) groups is 1. The van der Waals surface area contributed by atoms with E-state index < -0.39 is 23.5 Å². The Morgan fingerprint density at radius 3 is 2.45 bits per heavy atom. The molecule has 0 bridgehead atoms. The molecule has 0 aliphatic carbocycles. The Morgan fingerprint density at radius 2 is 1.79 bits per heavy atom. The van der Waals surface area contributed by atoms with Crippen LogP contribution in [0.3, 0.4) is 0 Å². The van der Waals surface area contributed by atoms with Crippen LogP contribution in [0.2, 0.25) is 5.15 Å². The number of hydrogen-bond acceptors (Lipinski definition) is 4. The largest absolute Gasteiger partial charge is 0.508 e. The molecule has 0 saturated heterocycles. The van der Waals surface area contributed by atoms with Crippen LogP contribution in [0, 0.1) is 11.8 Å². The number of aromatic carboxylic acids is 1. The number of nitrogens with zero attached hydrogens (tertiary/aromatic N) is 1. The van der Waals surface area contributed by atoms with Gasteiger partial charge >= 0.3 is 12.1 Å². The SMILES string of the molecule is O=C(O)c1ccc(C#Cc2ccc(O)cc2C(F)(F)F)c(CCCOc2ccc(Cl)nc2)c1. The topological polar surface area (TPSA) is 79.7 Å². The second-order valence-electron chi connectivity index (χ2n) is 6.92. The fraction of sp³-hybridized carbons (Fsp3) is 0.167. The first-order valence-corrected chi connectivity index (χ1v) is 10.0. The van der Waals surface area contributed by atoms with Crippen molar-refractivity contribution in [1.82, 2.24) is 4.98 Å². The van der Waals surface area contributed by atoms with Crippen molar-refractivity contribution in [3.63, 3.8) is 0 Å². The Labute approximate surface area is 192 Å². The predicted octanol–water partition coefficient (Wildman–Crippen LogP) is 5.57. The first-order valence-electron chi connectivity index (χ1n) is 9.66. The summed E-state index contributed by atoms with van der Waals surface area (Å²) in [5.41, 5.74) is -0.350. The lowest BCUT2D eigenvalue weighted by Crippen LogP contribution is -2.07. The number of ether oxygens (including phenoxy) is 1.